The summed E-state index contributed by atoms with van der Waals surface area (Å²) in [6.07, 6.45) is 0.684. The highest BCUT2D eigenvalue weighted by atomic mass is 32.2. The van der Waals surface area contributed by atoms with Gasteiger partial charge in [0.1, 0.15) is 5.75 Å². The molecule has 1 amide bonds. The number of hydrogen-bond acceptors (Lipinski definition) is 5. The molecule has 0 spiro atoms. The molecule has 0 aliphatic heterocycles. The lowest BCUT2D eigenvalue weighted by Gasteiger charge is -2.12. The number of rotatable bonds is 7. The van der Waals surface area contributed by atoms with E-state index in [2.05, 4.69) is 5.32 Å². The van der Waals surface area contributed by atoms with Crippen molar-refractivity contribution >= 4 is 29.0 Å². The smallest absolute Gasteiger partial charge is 0.234 e. The van der Waals surface area contributed by atoms with Gasteiger partial charge in [0.2, 0.25) is 5.91 Å². The Kier molecular flexibility index (Phi) is 6.52. The number of amides is 1. The Bertz CT molecular complexity index is 426. The van der Waals surface area contributed by atoms with Crippen molar-refractivity contribution in [3.63, 3.8) is 0 Å². The van der Waals surface area contributed by atoms with Crippen LogP contribution in [0.2, 0.25) is 0 Å². The number of hydrogen-bond donors (Lipinski definition) is 3. The van der Waals surface area contributed by atoms with Crippen molar-refractivity contribution in [2.75, 3.05) is 30.5 Å². The van der Waals surface area contributed by atoms with E-state index in [1.807, 2.05) is 6.92 Å². The molecule has 0 saturated heterocycles. The van der Waals surface area contributed by atoms with Gasteiger partial charge < -0.3 is 20.9 Å². The van der Waals surface area contributed by atoms with Crippen LogP contribution in [0.25, 0.3) is 0 Å². The fraction of sp³-hybridized carbons (Fsp3) is 0.462. The fourth-order valence-corrected chi connectivity index (χ4v) is 2.26. The molecule has 0 heterocycles. The summed E-state index contributed by atoms with van der Waals surface area (Å²) in [4.78, 5) is 11.8. The van der Waals surface area contributed by atoms with Crippen LogP contribution in [0.3, 0.4) is 0 Å². The summed E-state index contributed by atoms with van der Waals surface area (Å²) in [5, 5.41) is 11.8. The Morgan fingerprint density at radius 1 is 1.58 bits per heavy atom. The number of ether oxygens (including phenoxy) is 1. The van der Waals surface area contributed by atoms with Crippen LogP contribution in [0.15, 0.2) is 18.2 Å². The number of aliphatic hydroxyl groups is 1. The standard InChI is InChI=1S/C13H20N2O3S/c1-9(5-6-16)19-8-13(17)15-11-4-3-10(14)7-12(11)18-2/h3-4,7,9,16H,5-6,8,14H2,1-2H3,(H,15,17). The predicted molar refractivity (Wildman–Crippen MR) is 79.7 cm³/mol. The quantitative estimate of drug-likeness (QED) is 0.664. The van der Waals surface area contributed by atoms with Crippen LogP contribution >= 0.6 is 11.8 Å². The summed E-state index contributed by atoms with van der Waals surface area (Å²) >= 11 is 1.51. The van der Waals surface area contributed by atoms with Gasteiger partial charge in [0.05, 0.1) is 18.6 Å². The molecule has 0 aromatic heterocycles. The number of carbonyl (C=O) groups is 1. The predicted octanol–water partition coefficient (Wildman–Crippen LogP) is 1.72. The minimum atomic E-state index is -0.0992. The molecule has 0 saturated carbocycles. The monoisotopic (exact) mass is 284 g/mol. The van der Waals surface area contributed by atoms with Gasteiger partial charge in [-0.15, -0.1) is 11.8 Å². The van der Waals surface area contributed by atoms with E-state index < -0.39 is 0 Å². The molecule has 5 nitrogen and oxygen atoms in total. The molecule has 0 radical (unpaired) electrons. The first-order valence-corrected chi connectivity index (χ1v) is 7.07. The third-order valence-corrected chi connectivity index (χ3v) is 3.77. The second-order valence-electron chi connectivity index (χ2n) is 4.14. The maximum Gasteiger partial charge on any atom is 0.234 e. The highest BCUT2D eigenvalue weighted by Gasteiger charge is 2.10. The first-order chi connectivity index (χ1) is 9.06. The van der Waals surface area contributed by atoms with Gasteiger partial charge >= 0.3 is 0 Å². The third kappa shape index (κ3) is 5.40. The van der Waals surface area contributed by atoms with Gasteiger partial charge in [-0.2, -0.15) is 0 Å². The van der Waals surface area contributed by atoms with E-state index in [4.69, 9.17) is 15.6 Å². The van der Waals surface area contributed by atoms with Gasteiger partial charge in [0.25, 0.3) is 0 Å². The lowest BCUT2D eigenvalue weighted by atomic mass is 10.2. The number of methoxy groups -OCH3 is 1. The third-order valence-electron chi connectivity index (χ3n) is 2.53. The zero-order valence-electron chi connectivity index (χ0n) is 11.2. The normalized spacial score (nSPS) is 11.9. The Morgan fingerprint density at radius 3 is 2.95 bits per heavy atom. The molecule has 0 aliphatic carbocycles. The topological polar surface area (TPSA) is 84.6 Å². The van der Waals surface area contributed by atoms with Crippen LogP contribution in [0, 0.1) is 0 Å². The molecule has 4 N–H and O–H groups in total. The summed E-state index contributed by atoms with van der Waals surface area (Å²) < 4.78 is 5.16. The van der Waals surface area contributed by atoms with Gasteiger partial charge in [-0.25, -0.2) is 0 Å². The molecular weight excluding hydrogens is 264 g/mol. The summed E-state index contributed by atoms with van der Waals surface area (Å²) in [7, 11) is 1.53. The van der Waals surface area contributed by atoms with Crippen molar-refractivity contribution in [3.8, 4) is 5.75 Å². The molecule has 0 aliphatic rings. The number of aliphatic hydroxyl groups excluding tert-OH is 1. The van der Waals surface area contributed by atoms with Gasteiger partial charge in [-0.05, 0) is 18.6 Å². The fourth-order valence-electron chi connectivity index (χ4n) is 1.48. The molecule has 1 unspecified atom stereocenters. The molecule has 1 rings (SSSR count). The number of carbonyl (C=O) groups excluding carboxylic acids is 1. The number of thioether (sulfide) groups is 1. The van der Waals surface area contributed by atoms with E-state index in [0.29, 0.717) is 29.3 Å². The Balaban J connectivity index is 2.52. The lowest BCUT2D eigenvalue weighted by Crippen LogP contribution is -2.16. The largest absolute Gasteiger partial charge is 0.494 e. The van der Waals surface area contributed by atoms with Gasteiger partial charge in [-0.1, -0.05) is 6.92 Å². The average molecular weight is 284 g/mol. The summed E-state index contributed by atoms with van der Waals surface area (Å²) in [6, 6.07) is 5.09. The van der Waals surface area contributed by atoms with Crippen LogP contribution in [0.1, 0.15) is 13.3 Å². The van der Waals surface area contributed by atoms with Crippen molar-refractivity contribution in [2.45, 2.75) is 18.6 Å². The molecule has 0 bridgehead atoms. The van der Waals surface area contributed by atoms with Crippen LogP contribution in [-0.4, -0.2) is 35.7 Å². The summed E-state index contributed by atoms with van der Waals surface area (Å²) in [6.45, 7) is 2.12. The van der Waals surface area contributed by atoms with Crippen LogP contribution in [-0.2, 0) is 4.79 Å². The number of benzene rings is 1. The van der Waals surface area contributed by atoms with E-state index in [9.17, 15) is 4.79 Å². The number of nitrogen functional groups attached to an aromatic ring is 1. The lowest BCUT2D eigenvalue weighted by molar-refractivity contribution is -0.113. The second kappa shape index (κ2) is 7.91. The van der Waals surface area contributed by atoms with E-state index in [1.54, 1.807) is 18.2 Å². The number of anilines is 2. The maximum absolute atomic E-state index is 11.8. The SMILES string of the molecule is COc1cc(N)ccc1NC(=O)CSC(C)CCO. The number of nitrogens with one attached hydrogen (secondary N) is 1. The van der Waals surface area contributed by atoms with Crippen molar-refractivity contribution in [1.82, 2.24) is 0 Å². The van der Waals surface area contributed by atoms with E-state index in [-0.39, 0.29) is 17.8 Å². The maximum atomic E-state index is 11.8. The highest BCUT2D eigenvalue weighted by Crippen LogP contribution is 2.26. The molecule has 19 heavy (non-hydrogen) atoms. The summed E-state index contributed by atoms with van der Waals surface area (Å²) in [5.74, 6) is 0.786. The van der Waals surface area contributed by atoms with Crippen molar-refractivity contribution in [1.29, 1.82) is 0 Å². The molecule has 0 fully saturated rings. The first-order valence-electron chi connectivity index (χ1n) is 6.02. The molecular formula is C13H20N2O3S. The Labute approximate surface area is 117 Å². The van der Waals surface area contributed by atoms with E-state index in [1.165, 1.54) is 18.9 Å². The van der Waals surface area contributed by atoms with Crippen molar-refractivity contribution < 1.29 is 14.6 Å². The molecule has 1 aromatic carbocycles. The zero-order valence-corrected chi connectivity index (χ0v) is 12.0. The number of nitrogens with two attached hydrogens (primary N) is 1. The van der Waals surface area contributed by atoms with Crippen LogP contribution < -0.4 is 15.8 Å². The van der Waals surface area contributed by atoms with E-state index >= 15 is 0 Å². The van der Waals surface area contributed by atoms with Crippen molar-refractivity contribution in [3.05, 3.63) is 18.2 Å². The van der Waals surface area contributed by atoms with Crippen LogP contribution in [0.5, 0.6) is 5.75 Å². The molecule has 1 aromatic rings. The first kappa shape index (κ1) is 15.7. The highest BCUT2D eigenvalue weighted by molar-refractivity contribution is 8.00. The van der Waals surface area contributed by atoms with Gasteiger partial charge in [0.15, 0.2) is 0 Å². The van der Waals surface area contributed by atoms with E-state index in [0.717, 1.165) is 0 Å². The minimum absolute atomic E-state index is 0.0992. The minimum Gasteiger partial charge on any atom is -0.494 e. The van der Waals surface area contributed by atoms with Gasteiger partial charge in [-0.3, -0.25) is 4.79 Å². The molecule has 106 valence electrons. The Hall–Kier alpha value is -1.40. The summed E-state index contributed by atoms with van der Waals surface area (Å²) in [5.41, 5.74) is 6.84. The molecule has 6 heteroatoms. The van der Waals surface area contributed by atoms with Gasteiger partial charge in [0, 0.05) is 23.6 Å². The Morgan fingerprint density at radius 2 is 2.32 bits per heavy atom. The van der Waals surface area contributed by atoms with Crippen molar-refractivity contribution in [2.24, 2.45) is 0 Å². The second-order valence-corrected chi connectivity index (χ2v) is 5.57. The van der Waals surface area contributed by atoms with Crippen LogP contribution in [0.4, 0.5) is 11.4 Å². The average Bonchev–Trinajstić information content (AvgIpc) is 2.39. The molecule has 1 atom stereocenters. The zero-order chi connectivity index (χ0) is 14.3.